The topological polar surface area (TPSA) is 106 Å². The van der Waals surface area contributed by atoms with E-state index in [1.165, 1.54) is 23.1 Å². The SMILES string of the molecule is CCOC(=O)c1c(NC(=O)C(=O)N/N=C/c2ccc(OCc3ccc(C)cc3)cc2)sc2c1CCC(C)C2. The fraction of sp³-hybridized carbons (Fsp3) is 0.310. The van der Waals surface area contributed by atoms with Gasteiger partial charge in [0.05, 0.1) is 18.4 Å². The van der Waals surface area contributed by atoms with E-state index in [2.05, 4.69) is 22.8 Å². The first-order valence-corrected chi connectivity index (χ1v) is 13.4. The molecule has 198 valence electrons. The lowest BCUT2D eigenvalue weighted by Gasteiger charge is -2.18. The average molecular weight is 534 g/mol. The van der Waals surface area contributed by atoms with E-state index >= 15 is 0 Å². The maximum atomic E-state index is 12.6. The Hall–Kier alpha value is -3.98. The molecule has 0 spiro atoms. The van der Waals surface area contributed by atoms with Gasteiger partial charge in [0, 0.05) is 4.88 Å². The van der Waals surface area contributed by atoms with Gasteiger partial charge in [-0.2, -0.15) is 5.10 Å². The van der Waals surface area contributed by atoms with Gasteiger partial charge in [0.15, 0.2) is 0 Å². The number of carbonyl (C=O) groups excluding carboxylic acids is 3. The van der Waals surface area contributed by atoms with Crippen LogP contribution in [0, 0.1) is 12.8 Å². The predicted molar refractivity (Wildman–Crippen MR) is 148 cm³/mol. The van der Waals surface area contributed by atoms with E-state index in [-0.39, 0.29) is 6.61 Å². The number of amides is 2. The number of ether oxygens (including phenoxy) is 2. The molecule has 1 unspecified atom stereocenters. The van der Waals surface area contributed by atoms with Crippen molar-refractivity contribution in [2.75, 3.05) is 11.9 Å². The second-order valence-corrected chi connectivity index (χ2v) is 10.4. The van der Waals surface area contributed by atoms with Crippen LogP contribution in [-0.2, 0) is 33.8 Å². The molecule has 1 aliphatic rings. The summed E-state index contributed by atoms with van der Waals surface area (Å²) in [6.45, 7) is 6.61. The maximum absolute atomic E-state index is 12.6. The number of benzene rings is 2. The number of aryl methyl sites for hydroxylation is 1. The summed E-state index contributed by atoms with van der Waals surface area (Å²) >= 11 is 1.33. The molecule has 0 radical (unpaired) electrons. The number of thiophene rings is 1. The molecule has 0 saturated heterocycles. The molecule has 1 atom stereocenters. The van der Waals surface area contributed by atoms with E-state index in [0.717, 1.165) is 40.8 Å². The molecular formula is C29H31N3O5S. The molecule has 4 rings (SSSR count). The fourth-order valence-electron chi connectivity index (χ4n) is 4.14. The van der Waals surface area contributed by atoms with Gasteiger partial charge >= 0.3 is 17.8 Å². The van der Waals surface area contributed by atoms with E-state index in [9.17, 15) is 14.4 Å². The van der Waals surface area contributed by atoms with E-state index in [1.807, 2.05) is 31.2 Å². The predicted octanol–water partition coefficient (Wildman–Crippen LogP) is 5.03. The van der Waals surface area contributed by atoms with Crippen molar-refractivity contribution in [1.82, 2.24) is 5.43 Å². The summed E-state index contributed by atoms with van der Waals surface area (Å²) in [7, 11) is 0. The molecule has 2 aromatic carbocycles. The molecule has 0 aliphatic heterocycles. The van der Waals surface area contributed by atoms with Gasteiger partial charge in [-0.05, 0) is 80.0 Å². The zero-order chi connectivity index (χ0) is 27.1. The summed E-state index contributed by atoms with van der Waals surface area (Å²) < 4.78 is 11.0. The normalized spacial score (nSPS) is 14.6. The van der Waals surface area contributed by atoms with Gasteiger partial charge < -0.3 is 14.8 Å². The van der Waals surface area contributed by atoms with Crippen LogP contribution in [0.2, 0.25) is 0 Å². The molecule has 0 bridgehead atoms. The minimum absolute atomic E-state index is 0.224. The minimum atomic E-state index is -0.936. The standard InChI is InChI=1S/C29H31N3O5S/c1-4-36-29(35)25-23-14-7-19(3)15-24(23)38-28(25)31-26(33)27(34)32-30-16-20-10-12-22(13-11-20)37-17-21-8-5-18(2)6-9-21/h5-6,8-13,16,19H,4,7,14-15,17H2,1-3H3,(H,31,33)(H,32,34)/b30-16+. The van der Waals surface area contributed by atoms with Crippen molar-refractivity contribution in [1.29, 1.82) is 0 Å². The van der Waals surface area contributed by atoms with E-state index in [1.54, 1.807) is 31.2 Å². The molecule has 1 heterocycles. The van der Waals surface area contributed by atoms with Crippen LogP contribution < -0.4 is 15.5 Å². The lowest BCUT2D eigenvalue weighted by Crippen LogP contribution is -2.32. The lowest BCUT2D eigenvalue weighted by molar-refractivity contribution is -0.136. The fourth-order valence-corrected chi connectivity index (χ4v) is 5.53. The Bertz CT molecular complexity index is 1330. The molecule has 3 aromatic rings. The number of nitrogens with one attached hydrogen (secondary N) is 2. The first-order chi connectivity index (χ1) is 18.3. The van der Waals surface area contributed by atoms with Crippen LogP contribution in [0.4, 0.5) is 5.00 Å². The molecule has 9 heteroatoms. The van der Waals surface area contributed by atoms with Crippen molar-refractivity contribution in [2.45, 2.75) is 46.6 Å². The highest BCUT2D eigenvalue weighted by Gasteiger charge is 2.30. The first kappa shape index (κ1) is 27.1. The quantitative estimate of drug-likeness (QED) is 0.183. The number of fused-ring (bicyclic) bond motifs is 1. The van der Waals surface area contributed by atoms with Gasteiger partial charge in [-0.25, -0.2) is 10.2 Å². The molecule has 2 amide bonds. The number of hydrazone groups is 1. The highest BCUT2D eigenvalue weighted by atomic mass is 32.1. The number of nitrogens with zero attached hydrogens (tertiary/aromatic N) is 1. The minimum Gasteiger partial charge on any atom is -0.489 e. The Labute approximate surface area is 226 Å². The summed E-state index contributed by atoms with van der Waals surface area (Å²) in [5.74, 6) is -1.13. The monoisotopic (exact) mass is 533 g/mol. The summed E-state index contributed by atoms with van der Waals surface area (Å²) in [5.41, 5.74) is 6.49. The second-order valence-electron chi connectivity index (χ2n) is 9.27. The van der Waals surface area contributed by atoms with Crippen LogP contribution in [0.15, 0.2) is 53.6 Å². The van der Waals surface area contributed by atoms with Gasteiger partial charge in [0.2, 0.25) is 0 Å². The molecule has 2 N–H and O–H groups in total. The van der Waals surface area contributed by atoms with Crippen LogP contribution in [0.3, 0.4) is 0 Å². The Balaban J connectivity index is 1.32. The third-order valence-electron chi connectivity index (χ3n) is 6.21. The highest BCUT2D eigenvalue weighted by Crippen LogP contribution is 2.40. The molecule has 1 aliphatic carbocycles. The zero-order valence-corrected chi connectivity index (χ0v) is 22.5. The molecule has 1 aromatic heterocycles. The highest BCUT2D eigenvalue weighted by molar-refractivity contribution is 7.17. The molecule has 0 saturated carbocycles. The van der Waals surface area contributed by atoms with Crippen LogP contribution >= 0.6 is 11.3 Å². The van der Waals surface area contributed by atoms with Crippen molar-refractivity contribution in [3.05, 3.63) is 81.2 Å². The Morgan fingerprint density at radius 3 is 2.53 bits per heavy atom. The van der Waals surface area contributed by atoms with E-state index < -0.39 is 17.8 Å². The molecule has 8 nitrogen and oxygen atoms in total. The number of hydrogen-bond acceptors (Lipinski definition) is 7. The summed E-state index contributed by atoms with van der Waals surface area (Å²) in [6.07, 6.45) is 3.96. The van der Waals surface area contributed by atoms with Crippen LogP contribution in [0.5, 0.6) is 5.75 Å². The van der Waals surface area contributed by atoms with Gasteiger partial charge in [-0.3, -0.25) is 9.59 Å². The molecule has 38 heavy (non-hydrogen) atoms. The van der Waals surface area contributed by atoms with E-state index in [0.29, 0.717) is 28.8 Å². The van der Waals surface area contributed by atoms with Crippen molar-refractivity contribution < 1.29 is 23.9 Å². The Morgan fingerprint density at radius 1 is 1.08 bits per heavy atom. The third-order valence-corrected chi connectivity index (χ3v) is 7.38. The van der Waals surface area contributed by atoms with Crippen LogP contribution in [-0.4, -0.2) is 30.6 Å². The second kappa shape index (κ2) is 12.5. The summed E-state index contributed by atoms with van der Waals surface area (Å²) in [6, 6.07) is 15.3. The lowest BCUT2D eigenvalue weighted by atomic mass is 9.88. The van der Waals surface area contributed by atoms with Crippen molar-refractivity contribution >= 4 is 40.3 Å². The summed E-state index contributed by atoms with van der Waals surface area (Å²) in [4.78, 5) is 38.6. The Morgan fingerprint density at radius 2 is 1.82 bits per heavy atom. The number of rotatable bonds is 8. The van der Waals surface area contributed by atoms with Crippen LogP contribution in [0.25, 0.3) is 0 Å². The molecular weight excluding hydrogens is 502 g/mol. The van der Waals surface area contributed by atoms with Gasteiger partial charge in [0.25, 0.3) is 0 Å². The Kier molecular flexibility index (Phi) is 8.91. The van der Waals surface area contributed by atoms with Crippen LogP contribution in [0.1, 0.15) is 57.8 Å². The number of hydrogen-bond donors (Lipinski definition) is 2. The van der Waals surface area contributed by atoms with Crippen molar-refractivity contribution in [3.63, 3.8) is 0 Å². The summed E-state index contributed by atoms with van der Waals surface area (Å²) in [5, 5.41) is 6.81. The van der Waals surface area contributed by atoms with E-state index in [4.69, 9.17) is 9.47 Å². The van der Waals surface area contributed by atoms with Gasteiger partial charge in [-0.1, -0.05) is 36.8 Å². The first-order valence-electron chi connectivity index (χ1n) is 12.6. The smallest absolute Gasteiger partial charge is 0.341 e. The average Bonchev–Trinajstić information content (AvgIpc) is 3.26. The number of carbonyl (C=O) groups is 3. The van der Waals surface area contributed by atoms with Gasteiger partial charge in [-0.15, -0.1) is 11.3 Å². The van der Waals surface area contributed by atoms with Crippen molar-refractivity contribution in [2.24, 2.45) is 11.0 Å². The number of anilines is 1. The largest absolute Gasteiger partial charge is 0.489 e. The third kappa shape index (κ3) is 6.86. The van der Waals surface area contributed by atoms with Crippen molar-refractivity contribution in [3.8, 4) is 5.75 Å². The number of esters is 1. The van der Waals surface area contributed by atoms with Gasteiger partial charge in [0.1, 0.15) is 17.4 Å². The maximum Gasteiger partial charge on any atom is 0.341 e. The molecule has 0 fully saturated rings. The zero-order valence-electron chi connectivity index (χ0n) is 21.7.